The van der Waals surface area contributed by atoms with E-state index in [1.807, 2.05) is 37.3 Å². The molecule has 3 aromatic rings. The average Bonchev–Trinajstić information content (AvgIpc) is 3.14. The maximum atomic E-state index is 5.53. The van der Waals surface area contributed by atoms with Crippen LogP contribution in [0.3, 0.4) is 0 Å². The monoisotopic (exact) mass is 363 g/mol. The maximum absolute atomic E-state index is 5.53. The Morgan fingerprint density at radius 2 is 1.70 bits per heavy atom. The van der Waals surface area contributed by atoms with Crippen LogP contribution in [0.25, 0.3) is 22.6 Å². The first kappa shape index (κ1) is 17.8. The van der Waals surface area contributed by atoms with Gasteiger partial charge in [-0.25, -0.2) is 9.97 Å². The molecule has 0 radical (unpaired) electrons. The fourth-order valence-electron chi connectivity index (χ4n) is 3.79. The molecule has 4 rings (SSSR count). The Balaban J connectivity index is 1.50. The number of hydrogen-bond donors (Lipinski definition) is 0. The zero-order chi connectivity index (χ0) is 18.8. The third-order valence-corrected chi connectivity index (χ3v) is 5.38. The van der Waals surface area contributed by atoms with E-state index in [1.54, 1.807) is 6.20 Å². The molecular formula is C21H25N5O. The highest BCUT2D eigenvalue weighted by atomic mass is 16.5. The SMILES string of the molecule is Cc1nccc(-c2ccc(-c3noc(CN4[C@H](C)CCC[C@@H]4C)n3)cc2)n1. The molecule has 1 aliphatic rings. The Hall–Kier alpha value is -2.60. The second-order valence-corrected chi connectivity index (χ2v) is 7.38. The van der Waals surface area contributed by atoms with Crippen LogP contribution in [-0.4, -0.2) is 37.1 Å². The summed E-state index contributed by atoms with van der Waals surface area (Å²) in [6.45, 7) is 7.16. The molecular weight excluding hydrogens is 338 g/mol. The van der Waals surface area contributed by atoms with E-state index in [2.05, 4.69) is 38.9 Å². The molecule has 6 nitrogen and oxygen atoms in total. The van der Waals surface area contributed by atoms with E-state index < -0.39 is 0 Å². The Kier molecular flexibility index (Phi) is 4.99. The molecule has 1 aromatic carbocycles. The van der Waals surface area contributed by atoms with Crippen LogP contribution in [0, 0.1) is 6.92 Å². The van der Waals surface area contributed by atoms with E-state index in [-0.39, 0.29) is 0 Å². The van der Waals surface area contributed by atoms with Gasteiger partial charge in [-0.3, -0.25) is 4.90 Å². The second kappa shape index (κ2) is 7.56. The molecule has 0 aliphatic carbocycles. The second-order valence-electron chi connectivity index (χ2n) is 7.38. The summed E-state index contributed by atoms with van der Waals surface area (Å²) >= 11 is 0. The smallest absolute Gasteiger partial charge is 0.241 e. The van der Waals surface area contributed by atoms with Crippen molar-refractivity contribution in [2.45, 2.75) is 58.7 Å². The van der Waals surface area contributed by atoms with Gasteiger partial charge in [0.15, 0.2) is 0 Å². The van der Waals surface area contributed by atoms with Crippen molar-refractivity contribution in [3.8, 4) is 22.6 Å². The zero-order valence-electron chi connectivity index (χ0n) is 16.1. The van der Waals surface area contributed by atoms with Gasteiger partial charge in [-0.1, -0.05) is 35.8 Å². The number of aryl methyl sites for hydroxylation is 1. The van der Waals surface area contributed by atoms with E-state index in [0.29, 0.717) is 30.3 Å². The fourth-order valence-corrected chi connectivity index (χ4v) is 3.79. The summed E-state index contributed by atoms with van der Waals surface area (Å²) in [5, 5.41) is 4.18. The van der Waals surface area contributed by atoms with Crippen LogP contribution in [0.15, 0.2) is 41.1 Å². The van der Waals surface area contributed by atoms with Crippen LogP contribution in [0.4, 0.5) is 0 Å². The molecule has 6 heteroatoms. The summed E-state index contributed by atoms with van der Waals surface area (Å²) in [4.78, 5) is 15.7. The summed E-state index contributed by atoms with van der Waals surface area (Å²) in [5.41, 5.74) is 2.90. The van der Waals surface area contributed by atoms with Gasteiger partial charge in [-0.2, -0.15) is 4.98 Å². The van der Waals surface area contributed by atoms with Crippen molar-refractivity contribution in [1.29, 1.82) is 0 Å². The molecule has 2 atom stereocenters. The van der Waals surface area contributed by atoms with Gasteiger partial charge in [-0.05, 0) is 39.7 Å². The summed E-state index contributed by atoms with van der Waals surface area (Å²) in [6.07, 6.45) is 5.54. The Bertz CT molecular complexity index is 895. The molecule has 0 N–H and O–H groups in total. The minimum Gasteiger partial charge on any atom is -0.338 e. The molecule has 0 bridgehead atoms. The van der Waals surface area contributed by atoms with Crippen LogP contribution >= 0.6 is 0 Å². The maximum Gasteiger partial charge on any atom is 0.241 e. The molecule has 1 aliphatic heterocycles. The molecule has 0 amide bonds. The lowest BCUT2D eigenvalue weighted by atomic mass is 9.98. The number of aromatic nitrogens is 4. The first-order valence-electron chi connectivity index (χ1n) is 9.59. The van der Waals surface area contributed by atoms with Gasteiger partial charge in [0.1, 0.15) is 5.82 Å². The van der Waals surface area contributed by atoms with E-state index in [1.165, 1.54) is 19.3 Å². The van der Waals surface area contributed by atoms with Crippen molar-refractivity contribution < 1.29 is 4.52 Å². The van der Waals surface area contributed by atoms with Gasteiger partial charge in [0, 0.05) is 29.4 Å². The van der Waals surface area contributed by atoms with Crippen molar-refractivity contribution in [2.75, 3.05) is 0 Å². The molecule has 1 saturated heterocycles. The fraction of sp³-hybridized carbons (Fsp3) is 0.429. The van der Waals surface area contributed by atoms with Crippen LogP contribution in [0.5, 0.6) is 0 Å². The van der Waals surface area contributed by atoms with Crippen molar-refractivity contribution >= 4 is 0 Å². The summed E-state index contributed by atoms with van der Waals surface area (Å²) in [7, 11) is 0. The number of hydrogen-bond acceptors (Lipinski definition) is 6. The van der Waals surface area contributed by atoms with E-state index >= 15 is 0 Å². The normalized spacial score (nSPS) is 20.7. The van der Waals surface area contributed by atoms with Crippen LogP contribution < -0.4 is 0 Å². The van der Waals surface area contributed by atoms with Crippen molar-refractivity contribution in [3.63, 3.8) is 0 Å². The van der Waals surface area contributed by atoms with E-state index in [9.17, 15) is 0 Å². The predicted molar refractivity (Wildman–Crippen MR) is 104 cm³/mol. The lowest BCUT2D eigenvalue weighted by molar-refractivity contribution is 0.0825. The highest BCUT2D eigenvalue weighted by Gasteiger charge is 2.26. The average molecular weight is 363 g/mol. The van der Waals surface area contributed by atoms with Gasteiger partial charge in [-0.15, -0.1) is 0 Å². The Morgan fingerprint density at radius 3 is 2.41 bits per heavy atom. The third-order valence-electron chi connectivity index (χ3n) is 5.38. The molecule has 0 saturated carbocycles. The third kappa shape index (κ3) is 3.90. The van der Waals surface area contributed by atoms with Gasteiger partial charge < -0.3 is 4.52 Å². The Morgan fingerprint density at radius 1 is 1.00 bits per heavy atom. The van der Waals surface area contributed by atoms with E-state index in [4.69, 9.17) is 4.52 Å². The van der Waals surface area contributed by atoms with Crippen LogP contribution in [-0.2, 0) is 6.54 Å². The minimum absolute atomic E-state index is 0.555. The van der Waals surface area contributed by atoms with Gasteiger partial charge in [0.2, 0.25) is 11.7 Å². The van der Waals surface area contributed by atoms with Crippen LogP contribution in [0.2, 0.25) is 0 Å². The topological polar surface area (TPSA) is 67.9 Å². The molecule has 3 heterocycles. The predicted octanol–water partition coefficient (Wildman–Crippen LogP) is 4.26. The largest absolute Gasteiger partial charge is 0.338 e. The van der Waals surface area contributed by atoms with Crippen molar-refractivity contribution in [2.24, 2.45) is 0 Å². The first-order valence-corrected chi connectivity index (χ1v) is 9.59. The lowest BCUT2D eigenvalue weighted by Crippen LogP contribution is -2.43. The van der Waals surface area contributed by atoms with Crippen molar-refractivity contribution in [3.05, 3.63) is 48.2 Å². The molecule has 0 unspecified atom stereocenters. The van der Waals surface area contributed by atoms with Gasteiger partial charge >= 0.3 is 0 Å². The molecule has 1 fully saturated rings. The zero-order valence-corrected chi connectivity index (χ0v) is 16.1. The number of likely N-dealkylation sites (tertiary alicyclic amines) is 1. The van der Waals surface area contributed by atoms with Crippen LogP contribution in [0.1, 0.15) is 44.8 Å². The Labute approximate surface area is 159 Å². The van der Waals surface area contributed by atoms with E-state index in [0.717, 1.165) is 22.6 Å². The number of benzene rings is 1. The minimum atomic E-state index is 0.555. The molecule has 140 valence electrons. The molecule has 27 heavy (non-hydrogen) atoms. The van der Waals surface area contributed by atoms with Crippen molar-refractivity contribution in [1.82, 2.24) is 25.0 Å². The first-order chi connectivity index (χ1) is 13.1. The number of rotatable bonds is 4. The highest BCUT2D eigenvalue weighted by Crippen LogP contribution is 2.26. The summed E-state index contributed by atoms with van der Waals surface area (Å²) in [6, 6.07) is 11.1. The number of nitrogens with zero attached hydrogens (tertiary/aromatic N) is 5. The number of piperidine rings is 1. The van der Waals surface area contributed by atoms with Gasteiger partial charge in [0.05, 0.1) is 12.2 Å². The molecule has 0 spiro atoms. The molecule has 2 aromatic heterocycles. The summed E-state index contributed by atoms with van der Waals surface area (Å²) < 4.78 is 5.53. The quantitative estimate of drug-likeness (QED) is 0.690. The lowest BCUT2D eigenvalue weighted by Gasteiger charge is -2.37. The summed E-state index contributed by atoms with van der Waals surface area (Å²) in [5.74, 6) is 2.08. The standard InChI is InChI=1S/C21H25N5O/c1-14-5-4-6-15(2)26(14)13-20-24-21(25-27-20)18-9-7-17(8-10-18)19-11-12-22-16(3)23-19/h7-12,14-15H,4-6,13H2,1-3H3/t14-,15+. The highest BCUT2D eigenvalue weighted by molar-refractivity contribution is 5.64. The van der Waals surface area contributed by atoms with Gasteiger partial charge in [0.25, 0.3) is 0 Å².